The fourth-order valence-corrected chi connectivity index (χ4v) is 5.74. The number of fused-ring (bicyclic) bond motifs is 2. The van der Waals surface area contributed by atoms with E-state index in [-0.39, 0.29) is 22.1 Å². The summed E-state index contributed by atoms with van der Waals surface area (Å²) in [6.07, 6.45) is 5.07. The molecule has 5 nitrogen and oxygen atoms in total. The minimum atomic E-state index is -0.370. The van der Waals surface area contributed by atoms with Gasteiger partial charge in [-0.15, -0.1) is 0 Å². The topological polar surface area (TPSA) is 55.6 Å². The van der Waals surface area contributed by atoms with Crippen molar-refractivity contribution < 1.29 is 9.66 Å². The minimum Gasteiger partial charge on any atom is -0.482 e. The van der Waals surface area contributed by atoms with Crippen LogP contribution in [0.1, 0.15) is 36.8 Å². The molecule has 3 atom stereocenters. The summed E-state index contributed by atoms with van der Waals surface area (Å²) in [4.78, 5) is 13.8. The molecular weight excluding hydrogens is 376 g/mol. The molecule has 146 valence electrons. The fraction of sp³-hybridized carbons (Fsp3) is 0.455. The number of piperidine rings is 1. The van der Waals surface area contributed by atoms with E-state index in [9.17, 15) is 10.1 Å². The molecule has 1 saturated heterocycles. The van der Waals surface area contributed by atoms with E-state index in [0.29, 0.717) is 16.8 Å². The van der Waals surface area contributed by atoms with E-state index in [1.807, 2.05) is 6.07 Å². The maximum absolute atomic E-state index is 11.5. The number of likely N-dealkylation sites (tertiary alicyclic amines) is 1. The Morgan fingerprint density at radius 1 is 1.25 bits per heavy atom. The number of halogens is 1. The van der Waals surface area contributed by atoms with Gasteiger partial charge < -0.3 is 4.74 Å². The fourth-order valence-electron chi connectivity index (χ4n) is 5.53. The lowest BCUT2D eigenvalue weighted by molar-refractivity contribution is -0.385. The highest BCUT2D eigenvalue weighted by atomic mass is 35.5. The van der Waals surface area contributed by atoms with Crippen molar-refractivity contribution in [1.29, 1.82) is 0 Å². The van der Waals surface area contributed by atoms with E-state index in [0.717, 1.165) is 50.8 Å². The molecule has 28 heavy (non-hydrogen) atoms. The Hall–Kier alpha value is -2.11. The van der Waals surface area contributed by atoms with Crippen LogP contribution in [0.2, 0.25) is 5.02 Å². The van der Waals surface area contributed by atoms with Crippen LogP contribution in [0.15, 0.2) is 42.5 Å². The molecule has 2 aromatic rings. The maximum Gasteiger partial charge on any atom is 0.312 e. The highest BCUT2D eigenvalue weighted by Crippen LogP contribution is 2.57. The second-order valence-electron chi connectivity index (χ2n) is 8.28. The van der Waals surface area contributed by atoms with Gasteiger partial charge in [-0.1, -0.05) is 41.9 Å². The highest BCUT2D eigenvalue weighted by molar-refractivity contribution is 6.31. The lowest BCUT2D eigenvalue weighted by atomic mass is 9.62. The summed E-state index contributed by atoms with van der Waals surface area (Å²) >= 11 is 6.25. The number of hydrogen-bond donors (Lipinski definition) is 0. The van der Waals surface area contributed by atoms with Gasteiger partial charge in [-0.05, 0) is 50.3 Å². The molecule has 2 bridgehead atoms. The SMILES string of the molecule is O=[N+]([O-])c1cc(Cl)cc2c1O[C@@H]1CC[C@@H]3C[C@@]21CCN3CCc1ccccc1. The molecule has 2 aromatic carbocycles. The number of ether oxygens (including phenoxy) is 1. The van der Waals surface area contributed by atoms with Gasteiger partial charge >= 0.3 is 5.69 Å². The number of nitro benzene ring substituents is 1. The van der Waals surface area contributed by atoms with E-state index in [2.05, 4.69) is 35.2 Å². The van der Waals surface area contributed by atoms with Crippen LogP contribution in [0.3, 0.4) is 0 Å². The predicted molar refractivity (Wildman–Crippen MR) is 108 cm³/mol. The van der Waals surface area contributed by atoms with Crippen molar-refractivity contribution in [2.24, 2.45) is 0 Å². The highest BCUT2D eigenvalue weighted by Gasteiger charge is 2.56. The Kier molecular flexibility index (Phi) is 4.33. The summed E-state index contributed by atoms with van der Waals surface area (Å²) in [7, 11) is 0. The van der Waals surface area contributed by atoms with Gasteiger partial charge in [0.2, 0.25) is 5.75 Å². The van der Waals surface area contributed by atoms with Crippen LogP contribution in [0.5, 0.6) is 5.75 Å². The average Bonchev–Trinajstić information content (AvgIpc) is 3.00. The molecule has 0 unspecified atom stereocenters. The van der Waals surface area contributed by atoms with E-state index in [4.69, 9.17) is 16.3 Å². The second-order valence-corrected chi connectivity index (χ2v) is 8.71. The summed E-state index contributed by atoms with van der Waals surface area (Å²) in [5.74, 6) is 0.456. The Balaban J connectivity index is 1.40. The van der Waals surface area contributed by atoms with Crippen molar-refractivity contribution in [3.05, 3.63) is 68.7 Å². The van der Waals surface area contributed by atoms with Crippen LogP contribution >= 0.6 is 11.6 Å². The third-order valence-corrected chi connectivity index (χ3v) is 7.12. The van der Waals surface area contributed by atoms with E-state index >= 15 is 0 Å². The number of hydrogen-bond acceptors (Lipinski definition) is 4. The van der Waals surface area contributed by atoms with Crippen LogP contribution in [0.4, 0.5) is 5.69 Å². The standard InChI is InChI=1S/C22H23ClN2O3/c23-16-12-18-21(19(13-16)25(26)27)28-20-7-6-17-14-22(18,20)9-11-24(17)10-8-15-4-2-1-3-5-15/h1-5,12-13,17,20H,6-11,14H2/t17-,20-,22+/m1/s1. The summed E-state index contributed by atoms with van der Waals surface area (Å²) < 4.78 is 6.18. The van der Waals surface area contributed by atoms with Crippen molar-refractivity contribution >= 4 is 17.3 Å². The molecule has 0 amide bonds. The molecule has 1 aliphatic carbocycles. The Bertz CT molecular complexity index is 919. The van der Waals surface area contributed by atoms with E-state index < -0.39 is 0 Å². The van der Waals surface area contributed by atoms with Gasteiger partial charge in [0.1, 0.15) is 6.10 Å². The van der Waals surface area contributed by atoms with Crippen LogP contribution < -0.4 is 4.74 Å². The molecule has 2 aliphatic heterocycles. The first-order chi connectivity index (χ1) is 13.6. The summed E-state index contributed by atoms with van der Waals surface area (Å²) in [6, 6.07) is 14.4. The largest absolute Gasteiger partial charge is 0.482 e. The Morgan fingerprint density at radius 3 is 2.86 bits per heavy atom. The molecule has 6 heteroatoms. The first-order valence-electron chi connectivity index (χ1n) is 10.00. The van der Waals surface area contributed by atoms with Crippen molar-refractivity contribution in [1.82, 2.24) is 4.90 Å². The van der Waals surface area contributed by atoms with Crippen LogP contribution in [0, 0.1) is 10.1 Å². The molecular formula is C22H23ClN2O3. The molecule has 3 aliphatic rings. The zero-order chi connectivity index (χ0) is 19.3. The summed E-state index contributed by atoms with van der Waals surface area (Å²) in [5, 5.41) is 11.9. The molecule has 0 radical (unpaired) electrons. The van der Waals surface area contributed by atoms with Gasteiger partial charge in [0.05, 0.1) is 4.92 Å². The van der Waals surface area contributed by atoms with E-state index in [1.165, 1.54) is 11.6 Å². The average molecular weight is 399 g/mol. The first kappa shape index (κ1) is 18.0. The molecule has 1 saturated carbocycles. The lowest BCUT2D eigenvalue weighted by Gasteiger charge is -2.51. The van der Waals surface area contributed by atoms with Crippen molar-refractivity contribution in [3.8, 4) is 5.75 Å². The third-order valence-electron chi connectivity index (χ3n) is 6.90. The normalized spacial score (nSPS) is 28.3. The smallest absolute Gasteiger partial charge is 0.312 e. The molecule has 1 spiro atoms. The quantitative estimate of drug-likeness (QED) is 0.551. The zero-order valence-corrected chi connectivity index (χ0v) is 16.4. The number of benzene rings is 2. The summed E-state index contributed by atoms with van der Waals surface area (Å²) in [6.45, 7) is 2.05. The Morgan fingerprint density at radius 2 is 2.07 bits per heavy atom. The lowest BCUT2D eigenvalue weighted by Crippen LogP contribution is -2.57. The van der Waals surface area contributed by atoms with Gasteiger partial charge in [-0.25, -0.2) is 0 Å². The van der Waals surface area contributed by atoms with Gasteiger partial charge in [0, 0.05) is 34.7 Å². The van der Waals surface area contributed by atoms with E-state index in [1.54, 1.807) is 0 Å². The molecule has 0 aromatic heterocycles. The second kappa shape index (κ2) is 6.75. The van der Waals surface area contributed by atoms with Gasteiger partial charge in [0.15, 0.2) is 0 Å². The third kappa shape index (κ3) is 2.80. The van der Waals surface area contributed by atoms with Crippen LogP contribution in [-0.2, 0) is 11.8 Å². The monoisotopic (exact) mass is 398 g/mol. The summed E-state index contributed by atoms with van der Waals surface area (Å²) in [5.41, 5.74) is 2.21. The van der Waals surface area contributed by atoms with Crippen molar-refractivity contribution in [3.63, 3.8) is 0 Å². The van der Waals surface area contributed by atoms with Crippen LogP contribution in [0.25, 0.3) is 0 Å². The molecule has 0 N–H and O–H groups in total. The number of nitrogens with zero attached hydrogens (tertiary/aromatic N) is 2. The van der Waals surface area contributed by atoms with Gasteiger partial charge in [0.25, 0.3) is 0 Å². The van der Waals surface area contributed by atoms with Gasteiger partial charge in [-0.3, -0.25) is 15.0 Å². The van der Waals surface area contributed by atoms with Crippen molar-refractivity contribution in [2.45, 2.75) is 49.7 Å². The zero-order valence-electron chi connectivity index (χ0n) is 15.6. The Labute approximate surface area is 169 Å². The number of rotatable bonds is 4. The molecule has 5 rings (SSSR count). The van der Waals surface area contributed by atoms with Gasteiger partial charge in [-0.2, -0.15) is 0 Å². The number of nitro groups is 1. The van der Waals surface area contributed by atoms with Crippen molar-refractivity contribution in [2.75, 3.05) is 13.1 Å². The molecule has 2 fully saturated rings. The van der Waals surface area contributed by atoms with Crippen LogP contribution in [-0.4, -0.2) is 35.1 Å². The molecule has 2 heterocycles. The predicted octanol–water partition coefficient (Wildman–Crippen LogP) is 4.75. The minimum absolute atomic E-state index is 0.00864. The first-order valence-corrected chi connectivity index (χ1v) is 10.4. The maximum atomic E-state index is 11.5.